The molecule has 10 aromatic carbocycles. The van der Waals surface area contributed by atoms with Gasteiger partial charge in [0.1, 0.15) is 22.3 Å². The van der Waals surface area contributed by atoms with E-state index in [1.807, 2.05) is 30.3 Å². The van der Waals surface area contributed by atoms with Crippen LogP contribution in [-0.2, 0) is 0 Å². The quantitative estimate of drug-likeness (QED) is 0.168. The lowest BCUT2D eigenvalue weighted by molar-refractivity contribution is 0.663. The van der Waals surface area contributed by atoms with E-state index in [0.717, 1.165) is 5.56 Å². The minimum atomic E-state index is -0.924. The monoisotopic (exact) mass is 735 g/mol. The maximum absolute atomic E-state index is 9.86. The van der Waals surface area contributed by atoms with Crippen molar-refractivity contribution in [1.29, 1.82) is 0 Å². The maximum Gasteiger partial charge on any atom is 0.136 e. The summed E-state index contributed by atoms with van der Waals surface area (Å²) in [4.78, 5) is 0. The van der Waals surface area contributed by atoms with Crippen molar-refractivity contribution in [2.24, 2.45) is 0 Å². The summed E-state index contributed by atoms with van der Waals surface area (Å²) in [5.41, 5.74) is -2.56. The van der Waals surface area contributed by atoms with E-state index in [9.17, 15) is 17.8 Å². The Morgan fingerprint density at radius 1 is 0.321 bits per heavy atom. The molecule has 0 N–H and O–H groups in total. The summed E-state index contributed by atoms with van der Waals surface area (Å²) >= 11 is 0. The predicted molar refractivity (Wildman–Crippen MR) is 235 cm³/mol. The van der Waals surface area contributed by atoms with Gasteiger partial charge < -0.3 is 8.83 Å². The van der Waals surface area contributed by atoms with Crippen molar-refractivity contribution in [2.45, 2.75) is 0 Å². The molecule has 0 saturated heterocycles. The number of hydrogen-bond donors (Lipinski definition) is 0. The molecule has 0 unspecified atom stereocenters. The first kappa shape index (κ1) is 16.1. The van der Waals surface area contributed by atoms with Gasteiger partial charge in [-0.3, -0.25) is 0 Å². The van der Waals surface area contributed by atoms with Crippen LogP contribution < -0.4 is 0 Å². The lowest BCUT2D eigenvalue weighted by Crippen LogP contribution is -1.91. The molecule has 0 spiro atoms. The zero-order chi connectivity index (χ0) is 56.8. The summed E-state index contributed by atoms with van der Waals surface area (Å²) in [6.45, 7) is 0. The third kappa shape index (κ3) is 4.69. The van der Waals surface area contributed by atoms with Gasteiger partial charge in [0.05, 0.1) is 31.5 Å². The molecule has 12 aromatic rings. The first-order valence-corrected chi connectivity index (χ1v) is 17.3. The number of benzene rings is 10. The van der Waals surface area contributed by atoms with Crippen molar-refractivity contribution in [3.8, 4) is 44.5 Å². The highest BCUT2D eigenvalue weighted by atomic mass is 16.3. The lowest BCUT2D eigenvalue weighted by Gasteiger charge is -2.18. The summed E-state index contributed by atoms with van der Waals surface area (Å²) < 4.78 is 223. The van der Waals surface area contributed by atoms with Crippen molar-refractivity contribution >= 4 is 76.2 Å². The Labute approximate surface area is 354 Å². The summed E-state index contributed by atoms with van der Waals surface area (Å²) in [6, 6.07) is -1.45. The molecule has 2 nitrogen and oxygen atoms in total. The fourth-order valence-electron chi connectivity index (χ4n) is 7.39. The van der Waals surface area contributed by atoms with Gasteiger partial charge in [-0.1, -0.05) is 145 Å². The summed E-state index contributed by atoms with van der Waals surface area (Å²) in [6.07, 6.45) is 0. The first-order chi connectivity index (χ1) is 37.4. The van der Waals surface area contributed by atoms with Gasteiger partial charge in [0.15, 0.2) is 0 Å². The van der Waals surface area contributed by atoms with Crippen LogP contribution in [0.5, 0.6) is 0 Å². The molecule has 56 heavy (non-hydrogen) atoms. The summed E-state index contributed by atoms with van der Waals surface area (Å²) in [5, 5.41) is -3.54. The number of rotatable bonds is 4. The number of fused-ring (bicyclic) bond motifs is 10. The Morgan fingerprint density at radius 2 is 0.821 bits per heavy atom. The molecule has 0 aliphatic rings. The van der Waals surface area contributed by atoms with Crippen LogP contribution in [-0.4, -0.2) is 0 Å². The molecule has 0 radical (unpaired) electrons. The van der Waals surface area contributed by atoms with E-state index in [-0.39, 0.29) is 54.6 Å². The van der Waals surface area contributed by atoms with Crippen LogP contribution in [0.25, 0.3) is 121 Å². The van der Waals surface area contributed by atoms with E-state index >= 15 is 0 Å². The topological polar surface area (TPSA) is 26.3 Å². The zero-order valence-electron chi connectivity index (χ0n) is 51.5. The highest BCUT2D eigenvalue weighted by Crippen LogP contribution is 2.45. The van der Waals surface area contributed by atoms with Gasteiger partial charge >= 0.3 is 0 Å². The molecule has 0 aliphatic heterocycles. The van der Waals surface area contributed by atoms with Crippen LogP contribution >= 0.6 is 0 Å². The Balaban J connectivity index is 1.19. The highest BCUT2D eigenvalue weighted by molar-refractivity contribution is 6.26. The largest absolute Gasteiger partial charge is 0.456 e. The fourth-order valence-corrected chi connectivity index (χ4v) is 7.39. The summed E-state index contributed by atoms with van der Waals surface area (Å²) in [7, 11) is 0. The van der Waals surface area contributed by atoms with Gasteiger partial charge in [-0.2, -0.15) is 0 Å². The molecule has 0 atom stereocenters. The smallest absolute Gasteiger partial charge is 0.136 e. The van der Waals surface area contributed by atoms with Gasteiger partial charge in [0, 0.05) is 21.5 Å². The average molecular weight is 736 g/mol. The molecule has 2 heterocycles. The van der Waals surface area contributed by atoms with Crippen molar-refractivity contribution in [2.75, 3.05) is 0 Å². The molecule has 12 rings (SSSR count). The SMILES string of the molecule is [2H]c1c([2H])c([2H])c2c(oc3c([2H])c([2H])c4oc5c([2H])c(-c6c([2H])c([2H])c7c([2H])c(-c8c9c([2H])c([2H])c([2H])c([2H])c9c(-c9cccc(-c%10ccccc%10)c9)c9c([2H])c([2H])c([2H])c([2H])c89)c([2H])c([2H])c7c6[2H])c([2H])c([2H])c5c4c32)c1[2H]. The standard InChI is InChI=1S/C54H32O2/c1-2-11-33(12-3-1)34-13-10-14-39(30-34)51-41-15-4-6-17-43(41)52(44-18-7-5-16-42(44)51)40-24-23-35-29-36(21-22-37(35)31-40)38-25-26-46-50(32-38)56-49-28-27-48-53(54(46)49)45-19-8-9-20-47(45)55-48/h1-32H/i4D,5D,6D,7D,8D,9D,15D,16D,17D,18D,19D,20D,21D,22D,23D,24D,25D,26D,27D,28D,29D,31D,32D. The van der Waals surface area contributed by atoms with Gasteiger partial charge in [0.2, 0.25) is 0 Å². The highest BCUT2D eigenvalue weighted by Gasteiger charge is 2.19. The van der Waals surface area contributed by atoms with E-state index in [0.29, 0.717) is 5.56 Å². The Morgan fingerprint density at radius 3 is 1.52 bits per heavy atom. The Bertz CT molecular complexity index is 4790. The van der Waals surface area contributed by atoms with Crippen LogP contribution in [0.15, 0.2) is 202 Å². The van der Waals surface area contributed by atoms with E-state index < -0.39 is 194 Å². The van der Waals surface area contributed by atoms with Crippen LogP contribution in [0.3, 0.4) is 0 Å². The maximum atomic E-state index is 9.86. The minimum absolute atomic E-state index is 0.0368. The molecule has 2 heteroatoms. The van der Waals surface area contributed by atoms with Gasteiger partial charge in [0.25, 0.3) is 0 Å². The number of furan rings is 2. The Kier molecular flexibility index (Phi) is 3.47. The molecule has 0 aliphatic carbocycles. The van der Waals surface area contributed by atoms with E-state index in [2.05, 4.69) is 0 Å². The van der Waals surface area contributed by atoms with Crippen molar-refractivity contribution in [3.05, 3.63) is 194 Å². The molecular formula is C54H32O2. The normalized spacial score (nSPS) is 17.7. The first-order valence-electron chi connectivity index (χ1n) is 28.8. The molecule has 0 bridgehead atoms. The van der Waals surface area contributed by atoms with E-state index in [1.165, 1.54) is 0 Å². The van der Waals surface area contributed by atoms with Crippen molar-refractivity contribution < 1.29 is 40.4 Å². The van der Waals surface area contributed by atoms with Crippen LogP contribution in [0.4, 0.5) is 0 Å². The van der Waals surface area contributed by atoms with Crippen LogP contribution in [0.1, 0.15) is 31.5 Å². The third-order valence-electron chi connectivity index (χ3n) is 9.84. The summed E-state index contributed by atoms with van der Waals surface area (Å²) in [5.74, 6) is 0. The zero-order valence-corrected chi connectivity index (χ0v) is 28.5. The average Bonchev–Trinajstić information content (AvgIpc) is 3.74. The van der Waals surface area contributed by atoms with Crippen LogP contribution in [0.2, 0.25) is 0 Å². The Hall–Kier alpha value is -7.42. The van der Waals surface area contributed by atoms with E-state index in [1.54, 1.807) is 24.3 Å². The molecule has 2 aromatic heterocycles. The second-order valence-corrected chi connectivity index (χ2v) is 13.0. The van der Waals surface area contributed by atoms with Gasteiger partial charge in [-0.25, -0.2) is 0 Å². The minimum Gasteiger partial charge on any atom is -0.456 e. The van der Waals surface area contributed by atoms with E-state index in [4.69, 9.17) is 22.5 Å². The molecule has 0 saturated carbocycles. The second-order valence-electron chi connectivity index (χ2n) is 13.0. The fraction of sp³-hybridized carbons (Fsp3) is 0. The molecule has 260 valence electrons. The number of para-hydroxylation sites is 1. The molecule has 0 fully saturated rings. The van der Waals surface area contributed by atoms with Gasteiger partial charge in [-0.15, -0.1) is 0 Å². The molecule has 0 amide bonds. The number of hydrogen-bond acceptors (Lipinski definition) is 2. The second kappa shape index (κ2) is 12.0. The predicted octanol–water partition coefficient (Wildman–Crippen LogP) is 15.6. The van der Waals surface area contributed by atoms with Crippen molar-refractivity contribution in [3.63, 3.8) is 0 Å². The molecular weight excluding hydrogens is 681 g/mol. The third-order valence-corrected chi connectivity index (χ3v) is 9.84. The van der Waals surface area contributed by atoms with Crippen LogP contribution in [0, 0.1) is 0 Å². The lowest BCUT2D eigenvalue weighted by atomic mass is 9.85. The van der Waals surface area contributed by atoms with Gasteiger partial charge in [-0.05, 0) is 125 Å². The van der Waals surface area contributed by atoms with Crippen molar-refractivity contribution in [1.82, 2.24) is 0 Å².